The van der Waals surface area contributed by atoms with Crippen molar-refractivity contribution >= 4 is 11.7 Å². The van der Waals surface area contributed by atoms with E-state index in [2.05, 4.69) is 15.1 Å². The van der Waals surface area contributed by atoms with Gasteiger partial charge in [0.2, 0.25) is 0 Å². The van der Waals surface area contributed by atoms with Crippen LogP contribution < -0.4 is 10.2 Å². The number of esters is 1. The second-order valence-electron chi connectivity index (χ2n) is 4.59. The molecule has 1 aliphatic rings. The monoisotopic (exact) mass is 295 g/mol. The zero-order valence-corrected chi connectivity index (χ0v) is 12.4. The molecule has 0 amide bonds. The predicted molar refractivity (Wildman–Crippen MR) is 74.8 cm³/mol. The lowest BCUT2D eigenvalue weighted by Crippen LogP contribution is -2.39. The maximum atomic E-state index is 14.2. The highest BCUT2D eigenvalue weighted by Crippen LogP contribution is 2.29. The van der Waals surface area contributed by atoms with Crippen molar-refractivity contribution in [3.63, 3.8) is 0 Å². The molecule has 0 spiro atoms. The highest BCUT2D eigenvalue weighted by Gasteiger charge is 2.29. The number of nitrogens with zero attached hydrogens (tertiary/aromatic N) is 2. The van der Waals surface area contributed by atoms with Gasteiger partial charge < -0.3 is 14.5 Å². The molecule has 1 unspecified atom stereocenters. The highest BCUT2D eigenvalue weighted by molar-refractivity contribution is 5.83. The van der Waals surface area contributed by atoms with E-state index in [1.165, 1.54) is 13.3 Å². The molecule has 1 N–H and O–H groups in total. The van der Waals surface area contributed by atoms with Gasteiger partial charge in [-0.05, 0) is 19.9 Å². The second kappa shape index (κ2) is 6.09. The van der Waals surface area contributed by atoms with Crippen molar-refractivity contribution in [2.24, 2.45) is 0 Å². The molecule has 0 aliphatic carbocycles. The molecule has 21 heavy (non-hydrogen) atoms. The van der Waals surface area contributed by atoms with E-state index in [1.54, 1.807) is 32.0 Å². The van der Waals surface area contributed by atoms with Gasteiger partial charge in [-0.1, -0.05) is 0 Å². The minimum atomic E-state index is -0.593. The lowest BCUT2D eigenvalue weighted by molar-refractivity contribution is -0.142. The summed E-state index contributed by atoms with van der Waals surface area (Å²) in [7, 11) is 3.06. The Kier molecular flexibility index (Phi) is 4.42. The number of nitrogens with one attached hydrogen (secondary N) is 1. The third kappa shape index (κ3) is 2.82. The maximum absolute atomic E-state index is 14.2. The number of hydrogen-bond donors (Lipinski definition) is 1. The van der Waals surface area contributed by atoms with Crippen molar-refractivity contribution < 1.29 is 18.7 Å². The van der Waals surface area contributed by atoms with Crippen LogP contribution in [0.3, 0.4) is 0 Å². The van der Waals surface area contributed by atoms with Crippen molar-refractivity contribution in [2.75, 3.05) is 20.8 Å². The van der Waals surface area contributed by atoms with E-state index in [9.17, 15) is 9.18 Å². The molecule has 1 aromatic rings. The quantitative estimate of drug-likeness (QED) is 0.844. The standard InChI is InChI=1S/C14H18FN3O3/c1-5-21-13-12(15)8(2)9(7-16-13)11-6-10(14(19)20-4)17-18(11)3/h6-7,10,17H,5H2,1-4H3. The molecule has 1 atom stereocenters. The van der Waals surface area contributed by atoms with Crippen LogP contribution in [0.2, 0.25) is 0 Å². The summed E-state index contributed by atoms with van der Waals surface area (Å²) in [6, 6.07) is -0.593. The number of rotatable bonds is 4. The Hall–Kier alpha value is -2.15. The summed E-state index contributed by atoms with van der Waals surface area (Å²) in [5.74, 6) is -0.920. The molecule has 2 rings (SSSR count). The number of aromatic nitrogens is 1. The summed E-state index contributed by atoms with van der Waals surface area (Å²) in [6.45, 7) is 3.76. The molecule has 6 nitrogen and oxygen atoms in total. The Balaban J connectivity index is 2.38. The average molecular weight is 295 g/mol. The Morgan fingerprint density at radius 2 is 2.29 bits per heavy atom. The van der Waals surface area contributed by atoms with Crippen molar-refractivity contribution in [1.82, 2.24) is 15.4 Å². The van der Waals surface area contributed by atoms with Gasteiger partial charge in [0, 0.05) is 24.4 Å². The molecule has 0 radical (unpaired) electrons. The molecule has 0 bridgehead atoms. The lowest BCUT2D eigenvalue weighted by atomic mass is 10.1. The molecule has 1 aromatic heterocycles. The molecule has 0 saturated carbocycles. The zero-order valence-electron chi connectivity index (χ0n) is 12.4. The number of carbonyl (C=O) groups is 1. The van der Waals surface area contributed by atoms with Gasteiger partial charge in [-0.25, -0.2) is 19.6 Å². The van der Waals surface area contributed by atoms with Crippen LogP contribution in [-0.4, -0.2) is 42.8 Å². The van der Waals surface area contributed by atoms with Crippen LogP contribution in [0.5, 0.6) is 5.88 Å². The summed E-state index contributed by atoms with van der Waals surface area (Å²) in [5.41, 5.74) is 4.60. The Morgan fingerprint density at radius 3 is 2.90 bits per heavy atom. The number of halogens is 1. The molecule has 0 aromatic carbocycles. The smallest absolute Gasteiger partial charge is 0.328 e. The first kappa shape index (κ1) is 15.2. The van der Waals surface area contributed by atoms with E-state index in [-0.39, 0.29) is 5.88 Å². The van der Waals surface area contributed by atoms with Crippen LogP contribution in [0.1, 0.15) is 18.1 Å². The summed E-state index contributed by atoms with van der Waals surface area (Å²) in [6.07, 6.45) is 3.21. The van der Waals surface area contributed by atoms with E-state index < -0.39 is 17.8 Å². The zero-order chi connectivity index (χ0) is 15.6. The van der Waals surface area contributed by atoms with Crippen molar-refractivity contribution in [1.29, 1.82) is 0 Å². The van der Waals surface area contributed by atoms with Crippen LogP contribution in [0.15, 0.2) is 12.3 Å². The molecule has 114 valence electrons. The highest BCUT2D eigenvalue weighted by atomic mass is 19.1. The lowest BCUT2D eigenvalue weighted by Gasteiger charge is -2.19. The van der Waals surface area contributed by atoms with Gasteiger partial charge in [-0.2, -0.15) is 0 Å². The van der Waals surface area contributed by atoms with E-state index in [4.69, 9.17) is 4.74 Å². The van der Waals surface area contributed by atoms with E-state index in [0.29, 0.717) is 23.4 Å². The fraction of sp³-hybridized carbons (Fsp3) is 0.429. The van der Waals surface area contributed by atoms with Crippen LogP contribution >= 0.6 is 0 Å². The third-order valence-electron chi connectivity index (χ3n) is 3.26. The Bertz CT molecular complexity index is 589. The third-order valence-corrected chi connectivity index (χ3v) is 3.26. The van der Waals surface area contributed by atoms with Gasteiger partial charge >= 0.3 is 5.97 Å². The van der Waals surface area contributed by atoms with Gasteiger partial charge in [0.1, 0.15) is 6.04 Å². The first-order valence-electron chi connectivity index (χ1n) is 6.57. The van der Waals surface area contributed by atoms with E-state index >= 15 is 0 Å². The predicted octanol–water partition coefficient (Wildman–Crippen LogP) is 1.26. The maximum Gasteiger partial charge on any atom is 0.328 e. The molecule has 1 aliphatic heterocycles. The number of hydrazine groups is 1. The van der Waals surface area contributed by atoms with Crippen LogP contribution in [0.4, 0.5) is 4.39 Å². The summed E-state index contributed by atoms with van der Waals surface area (Å²) in [5, 5.41) is 1.64. The van der Waals surface area contributed by atoms with Gasteiger partial charge in [0.25, 0.3) is 5.88 Å². The Morgan fingerprint density at radius 1 is 1.57 bits per heavy atom. The van der Waals surface area contributed by atoms with Crippen molar-refractivity contribution in [3.05, 3.63) is 29.2 Å². The van der Waals surface area contributed by atoms with Gasteiger partial charge in [0.05, 0.1) is 19.4 Å². The largest absolute Gasteiger partial charge is 0.476 e. The van der Waals surface area contributed by atoms with E-state index in [0.717, 1.165) is 0 Å². The first-order chi connectivity index (χ1) is 9.99. The summed E-state index contributed by atoms with van der Waals surface area (Å²) >= 11 is 0. The molecular formula is C14H18FN3O3. The number of pyridine rings is 1. The molecule has 0 fully saturated rings. The minimum absolute atomic E-state index is 0.0162. The molecule has 7 heteroatoms. The normalized spacial score (nSPS) is 17.7. The molecular weight excluding hydrogens is 277 g/mol. The number of hydrogen-bond acceptors (Lipinski definition) is 6. The number of methoxy groups -OCH3 is 1. The fourth-order valence-electron chi connectivity index (χ4n) is 2.15. The fourth-order valence-corrected chi connectivity index (χ4v) is 2.15. The van der Waals surface area contributed by atoms with Gasteiger partial charge in [-0.3, -0.25) is 0 Å². The second-order valence-corrected chi connectivity index (χ2v) is 4.59. The van der Waals surface area contributed by atoms with Crippen LogP contribution in [0, 0.1) is 12.7 Å². The summed E-state index contributed by atoms with van der Waals surface area (Å²) in [4.78, 5) is 15.6. The first-order valence-corrected chi connectivity index (χ1v) is 6.57. The Labute approximate surface area is 122 Å². The van der Waals surface area contributed by atoms with Crippen molar-refractivity contribution in [2.45, 2.75) is 19.9 Å². The number of carbonyl (C=O) groups excluding carboxylic acids is 1. The van der Waals surface area contributed by atoms with Gasteiger partial charge in [0.15, 0.2) is 5.82 Å². The van der Waals surface area contributed by atoms with Crippen LogP contribution in [-0.2, 0) is 9.53 Å². The topological polar surface area (TPSA) is 63.7 Å². The minimum Gasteiger partial charge on any atom is -0.476 e. The van der Waals surface area contributed by atoms with E-state index in [1.807, 2.05) is 0 Å². The average Bonchev–Trinajstić information content (AvgIpc) is 2.85. The molecule has 2 heterocycles. The van der Waals surface area contributed by atoms with Gasteiger partial charge in [-0.15, -0.1) is 0 Å². The van der Waals surface area contributed by atoms with Crippen LogP contribution in [0.25, 0.3) is 5.70 Å². The molecule has 0 saturated heterocycles. The SMILES string of the molecule is CCOc1ncc(C2=CC(C(=O)OC)NN2C)c(C)c1F. The van der Waals surface area contributed by atoms with Crippen molar-refractivity contribution in [3.8, 4) is 5.88 Å². The summed E-state index contributed by atoms with van der Waals surface area (Å²) < 4.78 is 24.0. The number of ether oxygens (including phenoxy) is 2.